The molecule has 0 radical (unpaired) electrons. The van der Waals surface area contributed by atoms with Crippen LogP contribution in [0.1, 0.15) is 81.2 Å². The Balaban J connectivity index is 1.09. The Kier molecular flexibility index (Phi) is 18.3. The molecule has 5 aromatic carbocycles. The van der Waals surface area contributed by atoms with Crippen molar-refractivity contribution < 1.29 is 31.4 Å². The summed E-state index contributed by atoms with van der Waals surface area (Å²) in [5, 5.41) is 9.99. The number of aliphatic hydroxyl groups is 1. The summed E-state index contributed by atoms with van der Waals surface area (Å²) in [5.74, 6) is 1.63. The highest BCUT2D eigenvalue weighted by Gasteiger charge is 2.15. The van der Waals surface area contributed by atoms with Gasteiger partial charge in [-0.2, -0.15) is 0 Å². The van der Waals surface area contributed by atoms with Gasteiger partial charge >= 0.3 is 0 Å². The molecular formula is C51H62N2O7S2. The van der Waals surface area contributed by atoms with Crippen molar-refractivity contribution in [3.63, 3.8) is 0 Å². The summed E-state index contributed by atoms with van der Waals surface area (Å²) in [7, 11) is -6.48. The number of rotatable bonds is 25. The zero-order valence-electron chi connectivity index (χ0n) is 36.6. The third-order valence-electron chi connectivity index (χ3n) is 10.6. The summed E-state index contributed by atoms with van der Waals surface area (Å²) < 4.78 is 62.3. The SMILES string of the molecule is CCCCS(=O)(=O)c1ccc(/C=C/c2ccc(N(CC)CCOc3cc(CO)cc(OCCN(CC)c4ccc(/C=C/c5ccc(S(=O)(=O)CCCC)cc5)cc4)c3)cc2)cc1. The first-order valence-corrected chi connectivity index (χ1v) is 25.0. The Labute approximate surface area is 370 Å². The fourth-order valence-corrected chi connectivity index (χ4v) is 9.74. The van der Waals surface area contributed by atoms with Gasteiger partial charge in [0.1, 0.15) is 24.7 Å². The second-order valence-corrected chi connectivity index (χ2v) is 19.4. The summed E-state index contributed by atoms with van der Waals surface area (Å²) in [6.45, 7) is 11.9. The zero-order chi connectivity index (χ0) is 44.4. The Morgan fingerprint density at radius 1 is 0.500 bits per heavy atom. The van der Waals surface area contributed by atoms with E-state index in [4.69, 9.17) is 9.47 Å². The largest absolute Gasteiger partial charge is 0.492 e. The minimum Gasteiger partial charge on any atom is -0.492 e. The maximum atomic E-state index is 12.5. The van der Waals surface area contributed by atoms with Gasteiger partial charge in [-0.1, -0.05) is 99.5 Å². The molecule has 330 valence electrons. The van der Waals surface area contributed by atoms with Crippen molar-refractivity contribution in [1.82, 2.24) is 0 Å². The first-order valence-electron chi connectivity index (χ1n) is 21.7. The molecule has 5 rings (SSSR count). The van der Waals surface area contributed by atoms with E-state index in [2.05, 4.69) is 72.2 Å². The van der Waals surface area contributed by atoms with E-state index in [1.807, 2.05) is 80.6 Å². The molecule has 0 aromatic heterocycles. The number of aliphatic hydroxyl groups excluding tert-OH is 1. The molecule has 0 atom stereocenters. The molecule has 0 saturated carbocycles. The van der Waals surface area contributed by atoms with Gasteiger partial charge in [-0.3, -0.25) is 0 Å². The standard InChI is InChI=1S/C51H62N2O7S2/c1-5-9-35-61(55,56)50-27-19-43(20-28-50)13-11-41-15-23-46(24-16-41)52(7-3)31-33-59-48-37-45(40-54)38-49(39-48)60-34-32-53(8-4)47-25-17-42(18-26-47)12-14-44-21-29-51(30-22-44)62(57,58)36-10-6-2/h11-30,37-39,54H,5-10,31-36,40H2,1-4H3/b13-11+,14-12+. The van der Waals surface area contributed by atoms with Gasteiger partial charge in [0.25, 0.3) is 0 Å². The highest BCUT2D eigenvalue weighted by Crippen LogP contribution is 2.25. The highest BCUT2D eigenvalue weighted by atomic mass is 32.2. The molecule has 0 aliphatic heterocycles. The Bertz CT molecular complexity index is 2250. The van der Waals surface area contributed by atoms with Gasteiger partial charge in [0.05, 0.1) is 41.0 Å². The maximum Gasteiger partial charge on any atom is 0.178 e. The molecular weight excluding hydrogens is 817 g/mol. The van der Waals surface area contributed by atoms with Crippen molar-refractivity contribution in [1.29, 1.82) is 0 Å². The molecule has 0 aliphatic rings. The smallest absolute Gasteiger partial charge is 0.178 e. The fourth-order valence-electron chi connectivity index (χ4n) is 6.83. The lowest BCUT2D eigenvalue weighted by molar-refractivity contribution is 0.275. The van der Waals surface area contributed by atoms with Gasteiger partial charge < -0.3 is 24.4 Å². The van der Waals surface area contributed by atoms with Crippen LogP contribution in [0.3, 0.4) is 0 Å². The summed E-state index contributed by atoms with van der Waals surface area (Å²) >= 11 is 0. The van der Waals surface area contributed by atoms with Gasteiger partial charge in [-0.25, -0.2) is 16.8 Å². The van der Waals surface area contributed by atoms with Gasteiger partial charge in [-0.05, 0) is 115 Å². The van der Waals surface area contributed by atoms with Crippen molar-refractivity contribution in [2.75, 3.05) is 60.7 Å². The van der Waals surface area contributed by atoms with Gasteiger partial charge in [0.2, 0.25) is 0 Å². The second-order valence-electron chi connectivity index (χ2n) is 15.2. The second kappa shape index (κ2) is 23.7. The predicted octanol–water partition coefficient (Wildman–Crippen LogP) is 10.5. The van der Waals surface area contributed by atoms with Gasteiger partial charge in [0, 0.05) is 30.5 Å². The van der Waals surface area contributed by atoms with Crippen molar-refractivity contribution in [2.24, 2.45) is 0 Å². The molecule has 0 unspecified atom stereocenters. The summed E-state index contributed by atoms with van der Waals surface area (Å²) in [4.78, 5) is 5.22. The molecule has 1 N–H and O–H groups in total. The van der Waals surface area contributed by atoms with E-state index in [9.17, 15) is 21.9 Å². The number of sulfone groups is 2. The lowest BCUT2D eigenvalue weighted by atomic mass is 10.1. The minimum atomic E-state index is -3.24. The minimum absolute atomic E-state index is 0.129. The van der Waals surface area contributed by atoms with E-state index < -0.39 is 19.7 Å². The number of hydrogen-bond donors (Lipinski definition) is 1. The van der Waals surface area contributed by atoms with E-state index in [0.717, 1.165) is 59.6 Å². The molecule has 0 heterocycles. The van der Waals surface area contributed by atoms with Crippen molar-refractivity contribution >= 4 is 55.4 Å². The summed E-state index contributed by atoms with van der Waals surface area (Å²) in [6, 6.07) is 36.3. The van der Waals surface area contributed by atoms with Crippen LogP contribution in [0.15, 0.2) is 125 Å². The number of benzene rings is 5. The first-order chi connectivity index (χ1) is 30.0. The third-order valence-corrected chi connectivity index (χ3v) is 14.2. The third kappa shape index (κ3) is 14.4. The first kappa shape index (κ1) is 47.7. The van der Waals surface area contributed by atoms with Crippen LogP contribution in [0.4, 0.5) is 11.4 Å². The molecule has 5 aromatic rings. The normalized spacial score (nSPS) is 12.0. The van der Waals surface area contributed by atoms with Crippen LogP contribution in [0.5, 0.6) is 11.5 Å². The van der Waals surface area contributed by atoms with Gasteiger partial charge in [0.15, 0.2) is 19.7 Å². The molecule has 62 heavy (non-hydrogen) atoms. The fraction of sp³-hybridized carbons (Fsp3) is 0.333. The predicted molar refractivity (Wildman–Crippen MR) is 257 cm³/mol. The Morgan fingerprint density at radius 2 is 0.839 bits per heavy atom. The number of hydrogen-bond acceptors (Lipinski definition) is 9. The van der Waals surface area contributed by atoms with Crippen LogP contribution in [0.25, 0.3) is 24.3 Å². The number of unbranched alkanes of at least 4 members (excludes halogenated alkanes) is 2. The summed E-state index contributed by atoms with van der Waals surface area (Å²) in [6.07, 6.45) is 11.0. The monoisotopic (exact) mass is 878 g/mol. The topological polar surface area (TPSA) is 113 Å². The molecule has 0 amide bonds. The maximum absolute atomic E-state index is 12.5. The molecule has 9 nitrogen and oxygen atoms in total. The van der Waals surface area contributed by atoms with Crippen LogP contribution in [-0.2, 0) is 26.3 Å². The lowest BCUT2D eigenvalue weighted by Crippen LogP contribution is -2.28. The number of ether oxygens (including phenoxy) is 2. The van der Waals surface area contributed by atoms with Crippen LogP contribution >= 0.6 is 0 Å². The molecule has 0 aliphatic carbocycles. The van der Waals surface area contributed by atoms with E-state index in [1.54, 1.807) is 24.3 Å². The van der Waals surface area contributed by atoms with E-state index in [0.29, 0.717) is 66.0 Å². The van der Waals surface area contributed by atoms with Crippen molar-refractivity contribution in [2.45, 2.75) is 69.8 Å². The Morgan fingerprint density at radius 3 is 1.15 bits per heavy atom. The van der Waals surface area contributed by atoms with E-state index >= 15 is 0 Å². The Hall–Kier alpha value is -5.36. The molecule has 11 heteroatoms. The number of nitrogens with zero attached hydrogens (tertiary/aromatic N) is 2. The zero-order valence-corrected chi connectivity index (χ0v) is 38.2. The van der Waals surface area contributed by atoms with Crippen LogP contribution < -0.4 is 19.3 Å². The summed E-state index contributed by atoms with van der Waals surface area (Å²) in [5.41, 5.74) is 6.82. The number of anilines is 2. The van der Waals surface area contributed by atoms with Gasteiger partial charge in [-0.15, -0.1) is 0 Å². The van der Waals surface area contributed by atoms with Crippen molar-refractivity contribution in [3.05, 3.63) is 143 Å². The molecule has 0 bridgehead atoms. The molecule has 0 fully saturated rings. The average Bonchev–Trinajstić information content (AvgIpc) is 3.30. The van der Waals surface area contributed by atoms with Crippen LogP contribution in [-0.4, -0.2) is 72.8 Å². The number of likely N-dealkylation sites (N-methyl/N-ethyl adjacent to an activating group) is 2. The lowest BCUT2D eigenvalue weighted by Gasteiger charge is -2.24. The van der Waals surface area contributed by atoms with Crippen LogP contribution in [0, 0.1) is 0 Å². The quantitative estimate of drug-likeness (QED) is 0.0573. The highest BCUT2D eigenvalue weighted by molar-refractivity contribution is 7.91. The van der Waals surface area contributed by atoms with E-state index in [-0.39, 0.29) is 18.1 Å². The van der Waals surface area contributed by atoms with E-state index in [1.165, 1.54) is 0 Å². The molecule has 0 spiro atoms. The average molecular weight is 879 g/mol. The van der Waals surface area contributed by atoms with Crippen LogP contribution in [0.2, 0.25) is 0 Å². The molecule has 0 saturated heterocycles. The van der Waals surface area contributed by atoms with Crippen molar-refractivity contribution in [3.8, 4) is 11.5 Å².